The number of anilines is 5. The van der Waals surface area contributed by atoms with Crippen LogP contribution in [0.2, 0.25) is 10.0 Å². The number of fused-ring (bicyclic) bond motifs is 1. The Morgan fingerprint density at radius 2 is 1.72 bits per heavy atom. The van der Waals surface area contributed by atoms with E-state index < -0.39 is 0 Å². The Morgan fingerprint density at radius 3 is 2.47 bits per heavy atom. The van der Waals surface area contributed by atoms with Crippen LogP contribution in [0.4, 0.5) is 33.6 Å². The van der Waals surface area contributed by atoms with Gasteiger partial charge in [0.25, 0.3) is 0 Å². The van der Waals surface area contributed by atoms with Gasteiger partial charge in [0.1, 0.15) is 0 Å². The molecular weight excluding hydrogens is 495 g/mol. The molecule has 2 N–H and O–H groups in total. The van der Waals surface area contributed by atoms with Gasteiger partial charge in [-0.1, -0.05) is 59.6 Å². The quantitative estimate of drug-likeness (QED) is 0.289. The van der Waals surface area contributed by atoms with Gasteiger partial charge in [0.15, 0.2) is 5.82 Å². The minimum Gasteiger partial charge on any atom is -0.324 e. The van der Waals surface area contributed by atoms with Gasteiger partial charge in [-0.15, -0.1) is 0 Å². The largest absolute Gasteiger partial charge is 0.335 e. The van der Waals surface area contributed by atoms with E-state index in [4.69, 9.17) is 28.2 Å². The minimum atomic E-state index is -0.298. The number of aromatic nitrogens is 2. The average molecular weight is 519 g/mol. The molecule has 0 saturated carbocycles. The molecule has 9 heteroatoms. The number of carbonyl (C=O) groups is 1. The van der Waals surface area contributed by atoms with Crippen molar-refractivity contribution in [2.75, 3.05) is 28.7 Å². The van der Waals surface area contributed by atoms with E-state index in [-0.39, 0.29) is 12.6 Å². The van der Waals surface area contributed by atoms with E-state index in [0.29, 0.717) is 33.2 Å². The van der Waals surface area contributed by atoms with Crippen molar-refractivity contribution in [1.82, 2.24) is 15.3 Å². The number of nitrogens with one attached hydrogen (secondary N) is 2. The number of halogens is 2. The number of carbonyl (C=O) groups excluding carboxylic acids is 1. The molecule has 182 valence electrons. The lowest BCUT2D eigenvalue weighted by molar-refractivity contribution is 0.252. The van der Waals surface area contributed by atoms with E-state index in [2.05, 4.69) is 15.6 Å². The average Bonchev–Trinajstić information content (AvgIpc) is 2.88. The highest BCUT2D eigenvalue weighted by Gasteiger charge is 2.36. The summed E-state index contributed by atoms with van der Waals surface area (Å²) in [5.74, 6) is 0.909. The Hall–Kier alpha value is -3.65. The van der Waals surface area contributed by atoms with Crippen molar-refractivity contribution in [3.8, 4) is 0 Å². The van der Waals surface area contributed by atoms with E-state index >= 15 is 0 Å². The molecule has 0 bridgehead atoms. The Balaban J connectivity index is 1.61. The summed E-state index contributed by atoms with van der Waals surface area (Å²) in [6.45, 7) is 1.06. The second-order valence-electron chi connectivity index (χ2n) is 8.33. The predicted molar refractivity (Wildman–Crippen MR) is 146 cm³/mol. The Labute approximate surface area is 219 Å². The molecule has 36 heavy (non-hydrogen) atoms. The van der Waals surface area contributed by atoms with Gasteiger partial charge in [-0.3, -0.25) is 4.90 Å². The summed E-state index contributed by atoms with van der Waals surface area (Å²) < 4.78 is 0. The van der Waals surface area contributed by atoms with Crippen LogP contribution in [0.25, 0.3) is 0 Å². The fourth-order valence-electron chi connectivity index (χ4n) is 4.14. The maximum Gasteiger partial charge on any atom is 0.335 e. The second-order valence-corrected chi connectivity index (χ2v) is 9.15. The third-order valence-electron chi connectivity index (χ3n) is 5.87. The number of rotatable bonds is 7. The highest BCUT2D eigenvalue weighted by atomic mass is 35.5. The Kier molecular flexibility index (Phi) is 7.04. The van der Waals surface area contributed by atoms with Crippen molar-refractivity contribution in [2.24, 2.45) is 0 Å². The maximum atomic E-state index is 14.0. The van der Waals surface area contributed by atoms with Crippen LogP contribution in [0.1, 0.15) is 11.1 Å². The van der Waals surface area contributed by atoms with Crippen LogP contribution in [0, 0.1) is 0 Å². The van der Waals surface area contributed by atoms with Gasteiger partial charge < -0.3 is 10.6 Å². The van der Waals surface area contributed by atoms with Crippen LogP contribution in [0.5, 0.6) is 0 Å². The van der Waals surface area contributed by atoms with E-state index in [9.17, 15) is 4.79 Å². The molecule has 0 unspecified atom stereocenters. The predicted octanol–water partition coefficient (Wildman–Crippen LogP) is 6.57. The first-order chi connectivity index (χ1) is 17.5. The van der Waals surface area contributed by atoms with Crippen LogP contribution in [-0.2, 0) is 13.0 Å². The number of likely N-dealkylation sites (N-methyl/N-ethyl adjacent to an activating group) is 1. The summed E-state index contributed by atoms with van der Waals surface area (Å²) in [4.78, 5) is 26.5. The van der Waals surface area contributed by atoms with E-state index in [1.807, 2.05) is 61.6 Å². The summed E-state index contributed by atoms with van der Waals surface area (Å²) in [7, 11) is 1.91. The third-order valence-corrected chi connectivity index (χ3v) is 6.48. The molecule has 1 aliphatic heterocycles. The fourth-order valence-corrected chi connectivity index (χ4v) is 4.74. The number of benzene rings is 3. The molecule has 0 atom stereocenters. The fraction of sp³-hybridized carbons (Fsp3) is 0.148. The second kappa shape index (κ2) is 10.5. The lowest BCUT2D eigenvalue weighted by Crippen LogP contribution is -2.45. The molecule has 5 rings (SSSR count). The van der Waals surface area contributed by atoms with Gasteiger partial charge in [0, 0.05) is 17.4 Å². The van der Waals surface area contributed by atoms with Gasteiger partial charge in [0.2, 0.25) is 5.95 Å². The third kappa shape index (κ3) is 4.86. The highest BCUT2D eigenvalue weighted by molar-refractivity contribution is 6.40. The van der Waals surface area contributed by atoms with Crippen molar-refractivity contribution in [1.29, 1.82) is 0 Å². The zero-order valence-corrected chi connectivity index (χ0v) is 21.1. The van der Waals surface area contributed by atoms with Gasteiger partial charge in [0.05, 0.1) is 28.0 Å². The zero-order chi connectivity index (χ0) is 25.1. The summed E-state index contributed by atoms with van der Waals surface area (Å²) in [6, 6.07) is 22.4. The zero-order valence-electron chi connectivity index (χ0n) is 19.6. The van der Waals surface area contributed by atoms with E-state index in [1.54, 1.807) is 34.2 Å². The van der Waals surface area contributed by atoms with Crippen molar-refractivity contribution >= 4 is 58.1 Å². The van der Waals surface area contributed by atoms with Crippen LogP contribution in [0.15, 0.2) is 79.0 Å². The molecule has 3 aromatic carbocycles. The molecule has 0 saturated heterocycles. The molecule has 0 fully saturated rings. The molecule has 1 aromatic heterocycles. The summed E-state index contributed by atoms with van der Waals surface area (Å²) in [6.07, 6.45) is 2.56. The number of urea groups is 1. The van der Waals surface area contributed by atoms with Crippen molar-refractivity contribution in [3.63, 3.8) is 0 Å². The SMILES string of the molecule is CNCCc1cccc(N2C(=O)N(c3c(Cl)cccc3Cl)Cc3cnc(Nc4ccccc4)nc32)c1. The number of amides is 2. The topological polar surface area (TPSA) is 73.4 Å². The van der Waals surface area contributed by atoms with E-state index in [1.165, 1.54) is 0 Å². The Bertz CT molecular complexity index is 1380. The minimum absolute atomic E-state index is 0.235. The number of hydrogen-bond donors (Lipinski definition) is 2. The van der Waals surface area contributed by atoms with Crippen LogP contribution in [-0.4, -0.2) is 29.6 Å². The number of para-hydroxylation sites is 2. The smallest absolute Gasteiger partial charge is 0.324 e. The first-order valence-electron chi connectivity index (χ1n) is 11.5. The van der Waals surface area contributed by atoms with Crippen LogP contribution in [0.3, 0.4) is 0 Å². The number of nitrogens with zero attached hydrogens (tertiary/aromatic N) is 4. The summed E-state index contributed by atoms with van der Waals surface area (Å²) in [5, 5.41) is 7.17. The molecule has 0 aliphatic carbocycles. The summed E-state index contributed by atoms with van der Waals surface area (Å²) >= 11 is 13.0. The molecule has 0 radical (unpaired) electrons. The molecule has 7 nitrogen and oxygen atoms in total. The standard InChI is InChI=1S/C27H24Cl2N6O/c1-30-14-13-18-7-5-10-21(15-18)35-25-19(16-31-26(33-25)32-20-8-3-2-4-9-20)17-34(27(35)36)24-22(28)11-6-12-23(24)29/h2-12,15-16,30H,13-14,17H2,1H3,(H,31,32,33). The van der Waals surface area contributed by atoms with Crippen molar-refractivity contribution < 1.29 is 4.79 Å². The molecule has 1 aliphatic rings. The van der Waals surface area contributed by atoms with Gasteiger partial charge in [-0.25, -0.2) is 14.7 Å². The van der Waals surface area contributed by atoms with Crippen LogP contribution >= 0.6 is 23.2 Å². The molecule has 2 heterocycles. The molecule has 4 aromatic rings. The Morgan fingerprint density at radius 1 is 0.972 bits per heavy atom. The lowest BCUT2D eigenvalue weighted by Gasteiger charge is -2.37. The van der Waals surface area contributed by atoms with Crippen molar-refractivity contribution in [2.45, 2.75) is 13.0 Å². The first kappa shape index (κ1) is 24.1. The lowest BCUT2D eigenvalue weighted by atomic mass is 10.1. The highest BCUT2D eigenvalue weighted by Crippen LogP contribution is 2.41. The normalized spacial score (nSPS) is 13.0. The monoisotopic (exact) mass is 518 g/mol. The van der Waals surface area contributed by atoms with Gasteiger partial charge >= 0.3 is 6.03 Å². The number of hydrogen-bond acceptors (Lipinski definition) is 5. The maximum absolute atomic E-state index is 14.0. The van der Waals surface area contributed by atoms with Gasteiger partial charge in [-0.05, 0) is 62.0 Å². The van der Waals surface area contributed by atoms with E-state index in [0.717, 1.165) is 29.8 Å². The van der Waals surface area contributed by atoms with Crippen molar-refractivity contribution in [3.05, 3.63) is 100 Å². The summed E-state index contributed by atoms with van der Waals surface area (Å²) in [5.41, 5.74) is 3.88. The molecule has 0 spiro atoms. The molecule has 2 amide bonds. The molecular formula is C27H24Cl2N6O. The first-order valence-corrected chi connectivity index (χ1v) is 12.3. The van der Waals surface area contributed by atoms with Gasteiger partial charge in [-0.2, -0.15) is 4.98 Å². The van der Waals surface area contributed by atoms with Crippen LogP contribution < -0.4 is 20.4 Å².